The van der Waals surface area contributed by atoms with Crippen LogP contribution < -0.4 is 0 Å². The molecular formula is C25H27NO11. The minimum atomic E-state index is -1.33. The van der Waals surface area contributed by atoms with Crippen LogP contribution in [0.2, 0.25) is 0 Å². The lowest BCUT2D eigenvalue weighted by Gasteiger charge is -2.44. The van der Waals surface area contributed by atoms with Crippen molar-refractivity contribution in [2.24, 2.45) is 0 Å². The van der Waals surface area contributed by atoms with Crippen LogP contribution in [0.25, 0.3) is 17.0 Å². The average molecular weight is 517 g/mol. The predicted octanol–water partition coefficient (Wildman–Crippen LogP) is 1.99. The van der Waals surface area contributed by atoms with Crippen LogP contribution in [-0.4, -0.2) is 70.5 Å². The van der Waals surface area contributed by atoms with Gasteiger partial charge in [0.25, 0.3) is 0 Å². The van der Waals surface area contributed by atoms with Crippen molar-refractivity contribution in [1.82, 2.24) is 4.57 Å². The molecule has 12 heteroatoms. The lowest BCUT2D eigenvalue weighted by molar-refractivity contribution is -0.267. The second-order valence-electron chi connectivity index (χ2n) is 8.27. The third-order valence-corrected chi connectivity index (χ3v) is 5.42. The first-order valence-corrected chi connectivity index (χ1v) is 11.3. The van der Waals surface area contributed by atoms with E-state index in [2.05, 4.69) is 0 Å². The summed E-state index contributed by atoms with van der Waals surface area (Å²) in [5, 5.41) is 9.75. The van der Waals surface area contributed by atoms with Gasteiger partial charge in [0.2, 0.25) is 0 Å². The van der Waals surface area contributed by atoms with Crippen molar-refractivity contribution in [3.8, 4) is 0 Å². The molecule has 1 aromatic carbocycles. The van der Waals surface area contributed by atoms with Gasteiger partial charge in [-0.25, -0.2) is 4.79 Å². The molecule has 0 bridgehead atoms. The van der Waals surface area contributed by atoms with Crippen LogP contribution in [-0.2, 0) is 47.7 Å². The molecule has 1 N–H and O–H groups in total. The first kappa shape index (κ1) is 27.4. The molecule has 2 heterocycles. The van der Waals surface area contributed by atoms with Gasteiger partial charge >= 0.3 is 29.8 Å². The number of aliphatic carboxylic acids is 1. The van der Waals surface area contributed by atoms with E-state index in [1.165, 1.54) is 13.0 Å². The number of rotatable bonds is 8. The van der Waals surface area contributed by atoms with Crippen LogP contribution >= 0.6 is 0 Å². The van der Waals surface area contributed by atoms with Crippen molar-refractivity contribution in [1.29, 1.82) is 0 Å². The van der Waals surface area contributed by atoms with Gasteiger partial charge in [-0.1, -0.05) is 18.2 Å². The third-order valence-electron chi connectivity index (χ3n) is 5.42. The molecule has 2 aromatic rings. The van der Waals surface area contributed by atoms with Crippen molar-refractivity contribution in [2.45, 2.75) is 58.3 Å². The Morgan fingerprint density at radius 2 is 1.49 bits per heavy atom. The van der Waals surface area contributed by atoms with E-state index in [-0.39, 0.29) is 6.61 Å². The Morgan fingerprint density at radius 1 is 0.892 bits per heavy atom. The van der Waals surface area contributed by atoms with E-state index in [4.69, 9.17) is 28.8 Å². The van der Waals surface area contributed by atoms with Crippen LogP contribution in [0, 0.1) is 0 Å². The summed E-state index contributed by atoms with van der Waals surface area (Å²) >= 11 is 0. The van der Waals surface area contributed by atoms with Gasteiger partial charge in [0.1, 0.15) is 12.7 Å². The highest BCUT2D eigenvalue weighted by molar-refractivity contribution is 5.93. The number of fused-ring (bicyclic) bond motifs is 1. The lowest BCUT2D eigenvalue weighted by atomic mass is 9.97. The highest BCUT2D eigenvalue weighted by atomic mass is 16.7. The number of hydrogen-bond acceptors (Lipinski definition) is 10. The quantitative estimate of drug-likeness (QED) is 0.310. The maximum Gasteiger partial charge on any atom is 0.328 e. The van der Waals surface area contributed by atoms with E-state index < -0.39 is 60.5 Å². The Kier molecular flexibility index (Phi) is 8.66. The number of carboxylic acids is 1. The standard InChI is InChI=1S/C25H27NO11/c1-13(27)33-12-20-22(34-14(2)28)23(35-15(3)29)24(36-16(4)30)25(37-20)26-11-17(9-10-21(31)32)18-7-5-6-8-19(18)26/h5-11,20,22-25H,12H2,1-4H3,(H,31,32)/b10-9+/t20-,22-,23+,24-,25-/m1/s1. The zero-order valence-electron chi connectivity index (χ0n) is 20.6. The van der Waals surface area contributed by atoms with Gasteiger partial charge in [0.05, 0.1) is 5.52 Å². The van der Waals surface area contributed by atoms with Crippen LogP contribution in [0.1, 0.15) is 39.5 Å². The van der Waals surface area contributed by atoms with Gasteiger partial charge in [0.15, 0.2) is 24.5 Å². The SMILES string of the molecule is CC(=O)OC[C@H]1O[C@@H](n2cc(/C=C/C(=O)O)c3ccccc32)[C@H](OC(C)=O)[C@@H](OC(C)=O)[C@@H]1OC(C)=O. The molecular weight excluding hydrogens is 490 g/mol. The minimum Gasteiger partial charge on any atom is -0.478 e. The van der Waals surface area contributed by atoms with E-state index in [9.17, 15) is 24.0 Å². The summed E-state index contributed by atoms with van der Waals surface area (Å²) in [6, 6.07) is 7.01. The lowest BCUT2D eigenvalue weighted by Crippen LogP contribution is -2.60. The molecule has 0 aliphatic carbocycles. The number of carbonyl (C=O) groups excluding carboxylic acids is 4. The number of hydrogen-bond donors (Lipinski definition) is 1. The Hall–Kier alpha value is -4.19. The number of para-hydroxylation sites is 1. The fourth-order valence-electron chi connectivity index (χ4n) is 4.17. The predicted molar refractivity (Wildman–Crippen MR) is 126 cm³/mol. The largest absolute Gasteiger partial charge is 0.478 e. The Bertz CT molecular complexity index is 1230. The van der Waals surface area contributed by atoms with Crippen LogP contribution in [0.4, 0.5) is 0 Å². The van der Waals surface area contributed by atoms with Crippen LogP contribution in [0.5, 0.6) is 0 Å². The normalized spacial score (nSPS) is 23.4. The molecule has 37 heavy (non-hydrogen) atoms. The van der Waals surface area contributed by atoms with Crippen molar-refractivity contribution >= 4 is 46.8 Å². The minimum absolute atomic E-state index is 0.362. The summed E-state index contributed by atoms with van der Waals surface area (Å²) < 4.78 is 29.3. The second-order valence-corrected chi connectivity index (χ2v) is 8.27. The third kappa shape index (κ3) is 6.73. The monoisotopic (exact) mass is 517 g/mol. The summed E-state index contributed by atoms with van der Waals surface area (Å²) in [6.45, 7) is 4.26. The Labute approximate surface area is 211 Å². The number of ether oxygens (including phenoxy) is 5. The Balaban J connectivity index is 2.19. The smallest absolute Gasteiger partial charge is 0.328 e. The maximum atomic E-state index is 12.1. The topological polar surface area (TPSA) is 157 Å². The number of carbonyl (C=O) groups is 5. The molecule has 0 saturated carbocycles. The summed E-state index contributed by atoms with van der Waals surface area (Å²) in [7, 11) is 0. The molecule has 1 aliphatic heterocycles. The highest BCUT2D eigenvalue weighted by Gasteiger charge is 2.53. The van der Waals surface area contributed by atoms with Crippen molar-refractivity contribution in [3.63, 3.8) is 0 Å². The average Bonchev–Trinajstić information content (AvgIpc) is 3.16. The van der Waals surface area contributed by atoms with Gasteiger partial charge in [-0.3, -0.25) is 19.2 Å². The molecule has 5 atom stereocenters. The summed E-state index contributed by atoms with van der Waals surface area (Å²) in [5.41, 5.74) is 1.10. The molecule has 12 nitrogen and oxygen atoms in total. The van der Waals surface area contributed by atoms with Crippen molar-refractivity contribution in [3.05, 3.63) is 42.1 Å². The molecule has 1 aliphatic rings. The summed E-state index contributed by atoms with van der Waals surface area (Å²) in [6.07, 6.45) is -2.23. The first-order chi connectivity index (χ1) is 17.5. The van der Waals surface area contributed by atoms with Gasteiger partial charge in [-0.2, -0.15) is 0 Å². The van der Waals surface area contributed by atoms with E-state index in [1.54, 1.807) is 35.0 Å². The summed E-state index contributed by atoms with van der Waals surface area (Å²) in [4.78, 5) is 58.7. The van der Waals surface area contributed by atoms with Gasteiger partial charge < -0.3 is 33.4 Å². The van der Waals surface area contributed by atoms with E-state index in [0.29, 0.717) is 16.5 Å². The van der Waals surface area contributed by atoms with E-state index in [0.717, 1.165) is 26.8 Å². The van der Waals surface area contributed by atoms with E-state index in [1.807, 2.05) is 0 Å². The number of nitrogens with zero attached hydrogens (tertiary/aromatic N) is 1. The number of benzene rings is 1. The fourth-order valence-corrected chi connectivity index (χ4v) is 4.17. The molecule has 0 amide bonds. The molecule has 0 spiro atoms. The van der Waals surface area contributed by atoms with Crippen molar-refractivity contribution < 1.29 is 52.8 Å². The second kappa shape index (κ2) is 11.7. The number of esters is 4. The highest BCUT2D eigenvalue weighted by Crippen LogP contribution is 2.37. The van der Waals surface area contributed by atoms with Gasteiger partial charge in [-0.15, -0.1) is 0 Å². The van der Waals surface area contributed by atoms with Crippen LogP contribution in [0.15, 0.2) is 36.5 Å². The molecule has 0 radical (unpaired) electrons. The number of carboxylic acid groups (broad SMARTS) is 1. The maximum absolute atomic E-state index is 12.1. The zero-order valence-corrected chi connectivity index (χ0v) is 20.6. The molecule has 3 rings (SSSR count). The van der Waals surface area contributed by atoms with Gasteiger partial charge in [0, 0.05) is 50.9 Å². The Morgan fingerprint density at radius 3 is 2.08 bits per heavy atom. The van der Waals surface area contributed by atoms with Gasteiger partial charge in [-0.05, 0) is 12.1 Å². The number of aromatic nitrogens is 1. The zero-order chi connectivity index (χ0) is 27.3. The molecule has 1 saturated heterocycles. The first-order valence-electron chi connectivity index (χ1n) is 11.3. The van der Waals surface area contributed by atoms with Crippen LogP contribution in [0.3, 0.4) is 0 Å². The molecule has 1 fully saturated rings. The molecule has 0 unspecified atom stereocenters. The van der Waals surface area contributed by atoms with Crippen molar-refractivity contribution in [2.75, 3.05) is 6.61 Å². The van der Waals surface area contributed by atoms with E-state index >= 15 is 0 Å². The fraction of sp³-hybridized carbons (Fsp3) is 0.400. The molecule has 198 valence electrons. The molecule has 1 aromatic heterocycles. The summed E-state index contributed by atoms with van der Waals surface area (Å²) in [5.74, 6) is -3.97.